The van der Waals surface area contributed by atoms with Crippen molar-refractivity contribution >= 4 is 40.5 Å². The van der Waals surface area contributed by atoms with Crippen LogP contribution in [0.15, 0.2) is 24.3 Å². The first-order chi connectivity index (χ1) is 9.81. The number of anilines is 1. The van der Waals surface area contributed by atoms with E-state index in [0.29, 0.717) is 0 Å². The summed E-state index contributed by atoms with van der Waals surface area (Å²) in [6, 6.07) is 4.15. The summed E-state index contributed by atoms with van der Waals surface area (Å²) >= 11 is 11.6. The van der Waals surface area contributed by atoms with Crippen LogP contribution in [0.2, 0.25) is 10.2 Å². The quantitative estimate of drug-likeness (QED) is 0.689. The van der Waals surface area contributed by atoms with Crippen molar-refractivity contribution in [3.8, 4) is 0 Å². The molecule has 1 aromatic carbocycles. The van der Waals surface area contributed by atoms with Crippen molar-refractivity contribution in [2.24, 2.45) is 7.05 Å². The van der Waals surface area contributed by atoms with E-state index in [-0.39, 0.29) is 27.2 Å². The van der Waals surface area contributed by atoms with E-state index in [2.05, 4.69) is 5.32 Å². The minimum atomic E-state index is -0.791. The molecule has 0 radical (unpaired) electrons. The highest BCUT2D eigenvalue weighted by Crippen LogP contribution is 2.26. The van der Waals surface area contributed by atoms with Gasteiger partial charge in [0, 0.05) is 19.2 Å². The standard InChI is InChI=1S/C12H8Cl2FN3O3/c1-17-10(5-7(13)11(17)14)12(19)16-9-4-6(18(20)21)2-3-8(9)15/h2-5H,1H3,(H,16,19). The van der Waals surface area contributed by atoms with Gasteiger partial charge in [0.1, 0.15) is 16.7 Å². The van der Waals surface area contributed by atoms with E-state index in [4.69, 9.17) is 23.2 Å². The molecule has 0 aliphatic heterocycles. The summed E-state index contributed by atoms with van der Waals surface area (Å²) in [7, 11) is 1.51. The van der Waals surface area contributed by atoms with Crippen LogP contribution < -0.4 is 5.32 Å². The number of hydrogen-bond donors (Lipinski definition) is 1. The van der Waals surface area contributed by atoms with Crippen LogP contribution in [0.1, 0.15) is 10.5 Å². The van der Waals surface area contributed by atoms with Gasteiger partial charge in [-0.15, -0.1) is 0 Å². The van der Waals surface area contributed by atoms with Gasteiger partial charge >= 0.3 is 0 Å². The van der Waals surface area contributed by atoms with Crippen LogP contribution in [0.25, 0.3) is 0 Å². The van der Waals surface area contributed by atoms with Crippen LogP contribution in [0.4, 0.5) is 15.8 Å². The molecule has 6 nitrogen and oxygen atoms in total. The molecular formula is C12H8Cl2FN3O3. The van der Waals surface area contributed by atoms with Crippen LogP contribution >= 0.6 is 23.2 Å². The van der Waals surface area contributed by atoms with Gasteiger partial charge in [-0.25, -0.2) is 4.39 Å². The number of halogens is 3. The first kappa shape index (κ1) is 15.3. The molecular weight excluding hydrogens is 324 g/mol. The number of rotatable bonds is 3. The average molecular weight is 332 g/mol. The maximum absolute atomic E-state index is 13.6. The van der Waals surface area contributed by atoms with Crippen molar-refractivity contribution in [1.29, 1.82) is 0 Å². The second-order valence-corrected chi connectivity index (χ2v) is 4.87. The zero-order chi connectivity index (χ0) is 15.7. The first-order valence-corrected chi connectivity index (χ1v) is 6.33. The van der Waals surface area contributed by atoms with Gasteiger partial charge in [0.15, 0.2) is 0 Å². The summed E-state index contributed by atoms with van der Waals surface area (Å²) in [5.41, 5.74) is -0.548. The average Bonchev–Trinajstić information content (AvgIpc) is 2.68. The third kappa shape index (κ3) is 2.98. The zero-order valence-corrected chi connectivity index (χ0v) is 12.1. The Morgan fingerprint density at radius 2 is 2.05 bits per heavy atom. The van der Waals surface area contributed by atoms with Crippen molar-refractivity contribution in [3.05, 3.63) is 56.1 Å². The van der Waals surface area contributed by atoms with E-state index < -0.39 is 16.6 Å². The molecule has 9 heteroatoms. The number of benzene rings is 1. The Kier molecular flexibility index (Phi) is 4.15. The number of nitrogens with zero attached hydrogens (tertiary/aromatic N) is 2. The molecule has 1 heterocycles. The molecule has 0 unspecified atom stereocenters. The minimum Gasteiger partial charge on any atom is -0.329 e. The van der Waals surface area contributed by atoms with Crippen LogP contribution in [0, 0.1) is 15.9 Å². The first-order valence-electron chi connectivity index (χ1n) is 5.57. The number of carbonyl (C=O) groups is 1. The topological polar surface area (TPSA) is 77.2 Å². The Balaban J connectivity index is 2.33. The normalized spacial score (nSPS) is 10.5. The molecule has 0 aliphatic rings. The number of hydrogen-bond acceptors (Lipinski definition) is 3. The van der Waals surface area contributed by atoms with Crippen LogP contribution in [-0.2, 0) is 7.05 Å². The Labute approximate surface area is 128 Å². The molecule has 0 saturated heterocycles. The fraction of sp³-hybridized carbons (Fsp3) is 0.0833. The van der Waals surface area contributed by atoms with Gasteiger partial charge in [-0.3, -0.25) is 14.9 Å². The van der Waals surface area contributed by atoms with Gasteiger partial charge < -0.3 is 9.88 Å². The third-order valence-electron chi connectivity index (χ3n) is 2.76. The SMILES string of the molecule is Cn1c(C(=O)Nc2cc([N+](=O)[O-])ccc2F)cc(Cl)c1Cl. The van der Waals surface area contributed by atoms with Gasteiger partial charge in [-0.05, 0) is 12.1 Å². The summed E-state index contributed by atoms with van der Waals surface area (Å²) in [6.07, 6.45) is 0. The smallest absolute Gasteiger partial charge is 0.272 e. The summed E-state index contributed by atoms with van der Waals surface area (Å²) in [5.74, 6) is -1.48. The molecule has 110 valence electrons. The molecule has 0 spiro atoms. The summed E-state index contributed by atoms with van der Waals surface area (Å²) in [4.78, 5) is 22.0. The monoisotopic (exact) mass is 331 g/mol. The van der Waals surface area contributed by atoms with Crippen molar-refractivity contribution < 1.29 is 14.1 Å². The zero-order valence-electron chi connectivity index (χ0n) is 10.6. The lowest BCUT2D eigenvalue weighted by Crippen LogP contribution is -2.16. The number of nitrogens with one attached hydrogen (secondary N) is 1. The Bertz CT molecular complexity index is 746. The second kappa shape index (κ2) is 5.71. The number of amides is 1. The molecule has 21 heavy (non-hydrogen) atoms. The van der Waals surface area contributed by atoms with Crippen molar-refractivity contribution in [2.45, 2.75) is 0 Å². The Morgan fingerprint density at radius 1 is 1.38 bits per heavy atom. The van der Waals surface area contributed by atoms with E-state index in [1.165, 1.54) is 17.7 Å². The fourth-order valence-electron chi connectivity index (χ4n) is 1.67. The third-order valence-corrected chi connectivity index (χ3v) is 3.60. The number of nitro groups is 1. The van der Waals surface area contributed by atoms with E-state index in [9.17, 15) is 19.3 Å². The van der Waals surface area contributed by atoms with E-state index in [1.54, 1.807) is 0 Å². The fourth-order valence-corrected chi connectivity index (χ4v) is 2.04. The van der Waals surface area contributed by atoms with E-state index >= 15 is 0 Å². The maximum Gasteiger partial charge on any atom is 0.272 e. The Hall–Kier alpha value is -2.12. The van der Waals surface area contributed by atoms with Crippen LogP contribution in [0.3, 0.4) is 0 Å². The predicted octanol–water partition coefficient (Wildman–Crippen LogP) is 3.63. The molecule has 2 rings (SSSR count). The van der Waals surface area contributed by atoms with Crippen molar-refractivity contribution in [1.82, 2.24) is 4.57 Å². The molecule has 1 amide bonds. The van der Waals surface area contributed by atoms with Crippen molar-refractivity contribution in [3.63, 3.8) is 0 Å². The van der Waals surface area contributed by atoms with Gasteiger partial charge in [0.05, 0.1) is 15.6 Å². The lowest BCUT2D eigenvalue weighted by atomic mass is 10.2. The highest BCUT2D eigenvalue weighted by molar-refractivity contribution is 6.42. The lowest BCUT2D eigenvalue weighted by molar-refractivity contribution is -0.384. The number of aromatic nitrogens is 1. The van der Waals surface area contributed by atoms with Gasteiger partial charge in [0.25, 0.3) is 11.6 Å². The largest absolute Gasteiger partial charge is 0.329 e. The molecule has 1 N–H and O–H groups in total. The van der Waals surface area contributed by atoms with E-state index in [0.717, 1.165) is 18.2 Å². The van der Waals surface area contributed by atoms with E-state index in [1.807, 2.05) is 0 Å². The molecule has 2 aromatic rings. The van der Waals surface area contributed by atoms with Gasteiger partial charge in [-0.1, -0.05) is 23.2 Å². The Morgan fingerprint density at radius 3 is 2.57 bits per heavy atom. The van der Waals surface area contributed by atoms with Crippen molar-refractivity contribution in [2.75, 3.05) is 5.32 Å². The van der Waals surface area contributed by atoms with Gasteiger partial charge in [-0.2, -0.15) is 0 Å². The molecule has 0 aliphatic carbocycles. The number of nitro benzene ring substituents is 1. The minimum absolute atomic E-state index is 0.0934. The summed E-state index contributed by atoms with van der Waals surface area (Å²) < 4.78 is 14.9. The summed E-state index contributed by atoms with van der Waals surface area (Å²) in [6.45, 7) is 0. The maximum atomic E-state index is 13.6. The molecule has 0 atom stereocenters. The summed E-state index contributed by atoms with van der Waals surface area (Å²) in [5, 5.41) is 13.2. The molecule has 0 fully saturated rings. The second-order valence-electron chi connectivity index (χ2n) is 4.10. The van der Waals surface area contributed by atoms with Gasteiger partial charge in [0.2, 0.25) is 0 Å². The highest BCUT2D eigenvalue weighted by atomic mass is 35.5. The van der Waals surface area contributed by atoms with Crippen LogP contribution in [-0.4, -0.2) is 15.4 Å². The molecule has 0 saturated carbocycles. The lowest BCUT2D eigenvalue weighted by Gasteiger charge is -2.07. The molecule has 1 aromatic heterocycles. The number of carbonyl (C=O) groups excluding carboxylic acids is 1. The predicted molar refractivity (Wildman–Crippen MR) is 76.4 cm³/mol. The van der Waals surface area contributed by atoms with Crippen LogP contribution in [0.5, 0.6) is 0 Å². The molecule has 0 bridgehead atoms. The number of non-ortho nitro benzene ring substituents is 1. The highest BCUT2D eigenvalue weighted by Gasteiger charge is 2.18.